The van der Waals surface area contributed by atoms with Crippen molar-refractivity contribution in [1.82, 2.24) is 0 Å². The minimum atomic E-state index is -0.471. The Hall–Kier alpha value is -1.57. The molecule has 0 saturated heterocycles. The summed E-state index contributed by atoms with van der Waals surface area (Å²) in [7, 11) is 0. The summed E-state index contributed by atoms with van der Waals surface area (Å²) in [5.41, 5.74) is 1.56. The van der Waals surface area contributed by atoms with Crippen molar-refractivity contribution in [3.63, 3.8) is 0 Å². The van der Waals surface area contributed by atoms with E-state index >= 15 is 0 Å². The summed E-state index contributed by atoms with van der Waals surface area (Å²) in [6, 6.07) is 12.3. The first kappa shape index (κ1) is 13.9. The first-order valence-corrected chi connectivity index (χ1v) is 6.65. The number of nitrogens with one attached hydrogen (secondary N) is 1. The smallest absolute Gasteiger partial charge is 0.161 e. The maximum Gasteiger partial charge on any atom is 0.161 e. The Balaban J connectivity index is 2.17. The molecule has 0 amide bonds. The van der Waals surface area contributed by atoms with Gasteiger partial charge in [0.2, 0.25) is 0 Å². The van der Waals surface area contributed by atoms with Gasteiger partial charge in [-0.05, 0) is 45.8 Å². The van der Waals surface area contributed by atoms with E-state index in [4.69, 9.17) is 16.9 Å². The van der Waals surface area contributed by atoms with Crippen LogP contribution in [0.5, 0.6) is 0 Å². The lowest BCUT2D eigenvalue weighted by molar-refractivity contribution is 0.623. The van der Waals surface area contributed by atoms with Crippen LogP contribution in [0.15, 0.2) is 40.9 Å². The van der Waals surface area contributed by atoms with Gasteiger partial charge in [-0.1, -0.05) is 23.7 Å². The van der Waals surface area contributed by atoms with Crippen LogP contribution < -0.4 is 5.32 Å². The van der Waals surface area contributed by atoms with E-state index in [0.717, 1.165) is 5.56 Å². The molecule has 2 nitrogen and oxygen atoms in total. The summed E-state index contributed by atoms with van der Waals surface area (Å²) in [6.07, 6.45) is 0. The molecule has 0 fully saturated rings. The van der Waals surface area contributed by atoms with Crippen LogP contribution in [0.4, 0.5) is 10.1 Å². The van der Waals surface area contributed by atoms with Gasteiger partial charge in [0.15, 0.2) is 5.82 Å². The molecule has 96 valence electrons. The van der Waals surface area contributed by atoms with Crippen molar-refractivity contribution in [2.24, 2.45) is 0 Å². The van der Waals surface area contributed by atoms with Gasteiger partial charge in [-0.15, -0.1) is 0 Å². The van der Waals surface area contributed by atoms with E-state index in [0.29, 0.717) is 17.3 Å². The Kier molecular flexibility index (Phi) is 4.41. The molecule has 0 aliphatic heterocycles. The molecule has 0 aromatic heterocycles. The number of nitriles is 1. The lowest BCUT2D eigenvalue weighted by atomic mass is 10.2. The highest BCUT2D eigenvalue weighted by Crippen LogP contribution is 2.27. The Bertz CT molecular complexity index is 652. The van der Waals surface area contributed by atoms with E-state index in [-0.39, 0.29) is 10.0 Å². The summed E-state index contributed by atoms with van der Waals surface area (Å²) < 4.78 is 14.1. The third-order valence-electron chi connectivity index (χ3n) is 2.57. The summed E-state index contributed by atoms with van der Waals surface area (Å²) in [5, 5.41) is 12.4. The van der Waals surface area contributed by atoms with Crippen LogP contribution in [-0.4, -0.2) is 0 Å². The summed E-state index contributed by atoms with van der Waals surface area (Å²) in [4.78, 5) is 0. The van der Waals surface area contributed by atoms with Gasteiger partial charge in [0.05, 0.1) is 15.7 Å². The van der Waals surface area contributed by atoms with Crippen LogP contribution in [-0.2, 0) is 6.54 Å². The van der Waals surface area contributed by atoms with Crippen molar-refractivity contribution in [3.05, 3.63) is 62.8 Å². The molecule has 0 spiro atoms. The highest BCUT2D eigenvalue weighted by molar-refractivity contribution is 9.10. The third kappa shape index (κ3) is 3.25. The summed E-state index contributed by atoms with van der Waals surface area (Å²) >= 11 is 8.95. The molecule has 0 unspecified atom stereocenters. The monoisotopic (exact) mass is 338 g/mol. The fraction of sp³-hybridized carbons (Fsp3) is 0.0714. The van der Waals surface area contributed by atoms with Crippen LogP contribution in [0.2, 0.25) is 5.02 Å². The number of nitrogens with zero attached hydrogens (tertiary/aromatic N) is 1. The van der Waals surface area contributed by atoms with Crippen LogP contribution in [0.25, 0.3) is 0 Å². The zero-order valence-corrected chi connectivity index (χ0v) is 12.1. The fourth-order valence-corrected chi connectivity index (χ4v) is 2.26. The standard InChI is InChI=1S/C14H9BrClFN2/c15-13-10(7-18)4-5-12(14(13)17)19-8-9-2-1-3-11(16)6-9/h1-6,19H,8H2. The molecule has 0 aliphatic rings. The van der Waals surface area contributed by atoms with E-state index in [1.807, 2.05) is 24.3 Å². The van der Waals surface area contributed by atoms with E-state index in [1.165, 1.54) is 0 Å². The summed E-state index contributed by atoms with van der Waals surface area (Å²) in [5.74, 6) is -0.471. The summed E-state index contributed by atoms with van der Waals surface area (Å²) in [6.45, 7) is 0.454. The quantitative estimate of drug-likeness (QED) is 0.878. The average Bonchev–Trinajstić information content (AvgIpc) is 2.41. The van der Waals surface area contributed by atoms with Crippen molar-refractivity contribution in [2.45, 2.75) is 6.54 Å². The molecule has 2 rings (SSSR count). The molecule has 0 aliphatic carbocycles. The molecular weight excluding hydrogens is 331 g/mol. The second kappa shape index (κ2) is 6.05. The molecule has 5 heteroatoms. The normalized spacial score (nSPS) is 10.0. The van der Waals surface area contributed by atoms with Crippen LogP contribution in [0.3, 0.4) is 0 Å². The first-order valence-electron chi connectivity index (χ1n) is 5.48. The van der Waals surface area contributed by atoms with Gasteiger partial charge in [0.1, 0.15) is 6.07 Å². The molecule has 2 aromatic carbocycles. The second-order valence-corrected chi connectivity index (χ2v) is 5.11. The zero-order chi connectivity index (χ0) is 13.8. The number of hydrogen-bond acceptors (Lipinski definition) is 2. The number of hydrogen-bond donors (Lipinski definition) is 1. The minimum absolute atomic E-state index is 0.172. The number of rotatable bonds is 3. The Morgan fingerprint density at radius 1 is 1.32 bits per heavy atom. The van der Waals surface area contributed by atoms with E-state index in [2.05, 4.69) is 21.2 Å². The van der Waals surface area contributed by atoms with Crippen molar-refractivity contribution in [3.8, 4) is 6.07 Å². The lowest BCUT2D eigenvalue weighted by Gasteiger charge is -2.09. The Morgan fingerprint density at radius 2 is 2.11 bits per heavy atom. The Labute approximate surface area is 123 Å². The van der Waals surface area contributed by atoms with Crippen molar-refractivity contribution in [1.29, 1.82) is 5.26 Å². The molecule has 2 aromatic rings. The minimum Gasteiger partial charge on any atom is -0.379 e. The largest absolute Gasteiger partial charge is 0.379 e. The van der Waals surface area contributed by atoms with Gasteiger partial charge in [0, 0.05) is 11.6 Å². The third-order valence-corrected chi connectivity index (χ3v) is 3.59. The number of benzene rings is 2. The average molecular weight is 340 g/mol. The number of halogens is 3. The Morgan fingerprint density at radius 3 is 2.79 bits per heavy atom. The van der Waals surface area contributed by atoms with Gasteiger partial charge in [-0.2, -0.15) is 5.26 Å². The predicted octanol–water partition coefficient (Wildman–Crippen LogP) is 4.73. The first-order chi connectivity index (χ1) is 9.11. The lowest BCUT2D eigenvalue weighted by Crippen LogP contribution is -2.02. The van der Waals surface area contributed by atoms with Crippen LogP contribution in [0.1, 0.15) is 11.1 Å². The highest BCUT2D eigenvalue weighted by Gasteiger charge is 2.10. The molecule has 19 heavy (non-hydrogen) atoms. The van der Waals surface area contributed by atoms with Crippen molar-refractivity contribution < 1.29 is 4.39 Å². The number of anilines is 1. The molecule has 0 radical (unpaired) electrons. The van der Waals surface area contributed by atoms with Crippen molar-refractivity contribution in [2.75, 3.05) is 5.32 Å². The second-order valence-electron chi connectivity index (χ2n) is 3.88. The maximum atomic E-state index is 13.9. The van der Waals surface area contributed by atoms with Crippen LogP contribution >= 0.6 is 27.5 Å². The fourth-order valence-electron chi connectivity index (χ4n) is 1.62. The van der Waals surface area contributed by atoms with Gasteiger partial charge >= 0.3 is 0 Å². The van der Waals surface area contributed by atoms with Gasteiger partial charge in [-0.25, -0.2) is 4.39 Å². The van der Waals surface area contributed by atoms with Crippen molar-refractivity contribution >= 4 is 33.2 Å². The SMILES string of the molecule is N#Cc1ccc(NCc2cccc(Cl)c2)c(F)c1Br. The molecule has 0 saturated carbocycles. The van der Waals surface area contributed by atoms with E-state index in [1.54, 1.807) is 18.2 Å². The van der Waals surface area contributed by atoms with Gasteiger partial charge in [-0.3, -0.25) is 0 Å². The molecular formula is C14H9BrClFN2. The maximum absolute atomic E-state index is 13.9. The highest BCUT2D eigenvalue weighted by atomic mass is 79.9. The topological polar surface area (TPSA) is 35.8 Å². The van der Waals surface area contributed by atoms with E-state index < -0.39 is 5.82 Å². The molecule has 0 heterocycles. The molecule has 0 atom stereocenters. The molecule has 0 bridgehead atoms. The van der Waals surface area contributed by atoms with Crippen LogP contribution in [0, 0.1) is 17.1 Å². The van der Waals surface area contributed by atoms with Gasteiger partial charge in [0.25, 0.3) is 0 Å². The zero-order valence-electron chi connectivity index (χ0n) is 9.75. The molecule has 1 N–H and O–H groups in total. The van der Waals surface area contributed by atoms with E-state index in [9.17, 15) is 4.39 Å². The predicted molar refractivity (Wildman–Crippen MR) is 77.6 cm³/mol. The van der Waals surface area contributed by atoms with Gasteiger partial charge < -0.3 is 5.32 Å².